The Balaban J connectivity index is 1.76. The second-order valence-corrected chi connectivity index (χ2v) is 6.03. The van der Waals surface area contributed by atoms with Gasteiger partial charge in [0.2, 0.25) is 5.91 Å². The minimum Gasteiger partial charge on any atom is -0.494 e. The number of hydrogen-bond donors (Lipinski definition) is 1. The fourth-order valence-corrected chi connectivity index (χ4v) is 2.64. The van der Waals surface area contributed by atoms with Crippen molar-refractivity contribution in [2.45, 2.75) is 13.5 Å². The quantitative estimate of drug-likeness (QED) is 0.486. The molecule has 0 unspecified atom stereocenters. The summed E-state index contributed by atoms with van der Waals surface area (Å²) in [5, 5.41) is 17.6. The molecule has 0 atom stereocenters. The van der Waals surface area contributed by atoms with E-state index in [0.29, 0.717) is 12.3 Å². The molecule has 148 valence electrons. The summed E-state index contributed by atoms with van der Waals surface area (Å²) in [7, 11) is 0. The molecule has 1 aromatic heterocycles. The number of rotatable bonds is 7. The number of anilines is 1. The predicted molar refractivity (Wildman–Crippen MR) is 107 cm³/mol. The number of carbonyl (C=O) groups excluding carboxylic acids is 1. The fraction of sp³-hybridized carbons (Fsp3) is 0.150. The van der Waals surface area contributed by atoms with E-state index in [1.54, 1.807) is 18.2 Å². The van der Waals surface area contributed by atoms with Gasteiger partial charge in [-0.15, -0.1) is 0 Å². The van der Waals surface area contributed by atoms with Crippen LogP contribution in [0.2, 0.25) is 0 Å². The van der Waals surface area contributed by atoms with Crippen LogP contribution < -0.4 is 15.6 Å². The van der Waals surface area contributed by atoms with Crippen molar-refractivity contribution >= 4 is 17.3 Å². The van der Waals surface area contributed by atoms with E-state index in [4.69, 9.17) is 4.74 Å². The van der Waals surface area contributed by atoms with Crippen LogP contribution in [0.1, 0.15) is 6.92 Å². The van der Waals surface area contributed by atoms with Gasteiger partial charge in [-0.1, -0.05) is 6.07 Å². The van der Waals surface area contributed by atoms with Gasteiger partial charge < -0.3 is 10.1 Å². The minimum absolute atomic E-state index is 0.143. The van der Waals surface area contributed by atoms with Crippen molar-refractivity contribution < 1.29 is 14.5 Å². The number of carbonyl (C=O) groups is 1. The summed E-state index contributed by atoms with van der Waals surface area (Å²) < 4.78 is 6.44. The number of hydrogen-bond acceptors (Lipinski definition) is 6. The standard InChI is InChI=1S/C20H18N4O5/c1-2-29-17-8-6-14(7-9-17)18-10-11-20(26)23(22-18)13-19(25)21-15-4-3-5-16(12-15)24(27)28/h3-12H,2,13H2,1H3,(H,21,25). The van der Waals surface area contributed by atoms with Crippen LogP contribution in [0.25, 0.3) is 11.3 Å². The third kappa shape index (κ3) is 5.04. The van der Waals surface area contributed by atoms with E-state index in [0.717, 1.165) is 16.0 Å². The average molecular weight is 394 g/mol. The number of amides is 1. The van der Waals surface area contributed by atoms with E-state index in [9.17, 15) is 19.7 Å². The van der Waals surface area contributed by atoms with E-state index in [1.165, 1.54) is 30.3 Å². The molecule has 0 aliphatic rings. The maximum Gasteiger partial charge on any atom is 0.271 e. The lowest BCUT2D eigenvalue weighted by Gasteiger charge is -2.09. The second-order valence-electron chi connectivity index (χ2n) is 6.03. The smallest absolute Gasteiger partial charge is 0.271 e. The first-order chi connectivity index (χ1) is 14.0. The molecule has 0 bridgehead atoms. The van der Waals surface area contributed by atoms with E-state index in [2.05, 4.69) is 10.4 Å². The highest BCUT2D eigenvalue weighted by molar-refractivity contribution is 5.90. The Labute approximate surface area is 165 Å². The summed E-state index contributed by atoms with van der Waals surface area (Å²) in [5.41, 5.74) is 0.974. The van der Waals surface area contributed by atoms with Crippen LogP contribution in [0.5, 0.6) is 5.75 Å². The number of nitrogens with one attached hydrogen (secondary N) is 1. The highest BCUT2D eigenvalue weighted by atomic mass is 16.6. The summed E-state index contributed by atoms with van der Waals surface area (Å²) in [5.74, 6) is 0.199. The van der Waals surface area contributed by atoms with Gasteiger partial charge >= 0.3 is 0 Å². The van der Waals surface area contributed by atoms with Crippen molar-refractivity contribution in [3.63, 3.8) is 0 Å². The zero-order chi connectivity index (χ0) is 20.8. The highest BCUT2D eigenvalue weighted by Gasteiger charge is 2.11. The van der Waals surface area contributed by atoms with Crippen LogP contribution in [0.15, 0.2) is 65.5 Å². The largest absolute Gasteiger partial charge is 0.494 e. The van der Waals surface area contributed by atoms with E-state index < -0.39 is 16.4 Å². The minimum atomic E-state index is -0.554. The van der Waals surface area contributed by atoms with Gasteiger partial charge in [-0.2, -0.15) is 5.10 Å². The Kier molecular flexibility index (Phi) is 5.98. The zero-order valence-electron chi connectivity index (χ0n) is 15.6. The van der Waals surface area contributed by atoms with Crippen LogP contribution >= 0.6 is 0 Å². The molecule has 9 heteroatoms. The third-order valence-electron chi connectivity index (χ3n) is 3.96. The van der Waals surface area contributed by atoms with Gasteiger partial charge in [0.1, 0.15) is 12.3 Å². The molecular weight excluding hydrogens is 376 g/mol. The monoisotopic (exact) mass is 394 g/mol. The molecule has 0 aliphatic heterocycles. The van der Waals surface area contributed by atoms with Gasteiger partial charge in [-0.05, 0) is 43.3 Å². The summed E-state index contributed by atoms with van der Waals surface area (Å²) in [6.07, 6.45) is 0. The maximum absolute atomic E-state index is 12.3. The summed E-state index contributed by atoms with van der Waals surface area (Å²) in [4.78, 5) is 34.6. The van der Waals surface area contributed by atoms with Gasteiger partial charge in [0.15, 0.2) is 0 Å². The van der Waals surface area contributed by atoms with Crippen LogP contribution in [-0.2, 0) is 11.3 Å². The first-order valence-electron chi connectivity index (χ1n) is 8.82. The molecule has 29 heavy (non-hydrogen) atoms. The summed E-state index contributed by atoms with van der Waals surface area (Å²) in [6, 6.07) is 15.7. The predicted octanol–water partition coefficient (Wildman–Crippen LogP) is 2.86. The number of nitro groups is 1. The van der Waals surface area contributed by atoms with Gasteiger partial charge in [-0.3, -0.25) is 19.7 Å². The number of nitro benzene ring substituents is 1. The third-order valence-corrected chi connectivity index (χ3v) is 3.96. The Morgan fingerprint density at radius 2 is 1.93 bits per heavy atom. The first-order valence-corrected chi connectivity index (χ1v) is 8.82. The van der Waals surface area contributed by atoms with Gasteiger partial charge in [-0.25, -0.2) is 4.68 Å². The lowest BCUT2D eigenvalue weighted by molar-refractivity contribution is -0.384. The van der Waals surface area contributed by atoms with E-state index >= 15 is 0 Å². The van der Waals surface area contributed by atoms with Crippen molar-refractivity contribution in [1.82, 2.24) is 9.78 Å². The molecule has 0 saturated carbocycles. The number of aromatic nitrogens is 2. The van der Waals surface area contributed by atoms with Crippen molar-refractivity contribution in [2.24, 2.45) is 0 Å². The van der Waals surface area contributed by atoms with Crippen LogP contribution in [0.3, 0.4) is 0 Å². The normalized spacial score (nSPS) is 10.4. The molecule has 2 aromatic carbocycles. The number of benzene rings is 2. The number of ether oxygens (including phenoxy) is 1. The lowest BCUT2D eigenvalue weighted by Crippen LogP contribution is -2.29. The fourth-order valence-electron chi connectivity index (χ4n) is 2.64. The first kappa shape index (κ1) is 19.7. The highest BCUT2D eigenvalue weighted by Crippen LogP contribution is 2.20. The van der Waals surface area contributed by atoms with E-state index in [1.807, 2.05) is 19.1 Å². The molecule has 1 heterocycles. The molecule has 0 saturated heterocycles. The van der Waals surface area contributed by atoms with Crippen molar-refractivity contribution in [1.29, 1.82) is 0 Å². The molecule has 0 aliphatic carbocycles. The van der Waals surface area contributed by atoms with Crippen molar-refractivity contribution in [3.05, 3.63) is 81.1 Å². The molecule has 3 rings (SSSR count). The van der Waals surface area contributed by atoms with Crippen molar-refractivity contribution in [2.75, 3.05) is 11.9 Å². The number of nitrogens with zero attached hydrogens (tertiary/aromatic N) is 3. The Bertz CT molecular complexity index is 1090. The van der Waals surface area contributed by atoms with Crippen LogP contribution in [-0.4, -0.2) is 27.2 Å². The van der Waals surface area contributed by atoms with Crippen LogP contribution in [0, 0.1) is 10.1 Å². The summed E-state index contributed by atoms with van der Waals surface area (Å²) >= 11 is 0. The lowest BCUT2D eigenvalue weighted by atomic mass is 10.1. The molecule has 0 fully saturated rings. The number of non-ortho nitro benzene ring substituents is 1. The molecular formula is C20H18N4O5. The Morgan fingerprint density at radius 3 is 2.62 bits per heavy atom. The zero-order valence-corrected chi connectivity index (χ0v) is 15.6. The maximum atomic E-state index is 12.3. The molecule has 0 spiro atoms. The van der Waals surface area contributed by atoms with Gasteiger partial charge in [0.05, 0.1) is 17.2 Å². The van der Waals surface area contributed by atoms with E-state index in [-0.39, 0.29) is 17.9 Å². The van der Waals surface area contributed by atoms with Crippen LogP contribution in [0.4, 0.5) is 11.4 Å². The Morgan fingerprint density at radius 1 is 1.17 bits per heavy atom. The molecule has 1 amide bonds. The molecule has 9 nitrogen and oxygen atoms in total. The van der Waals surface area contributed by atoms with Crippen molar-refractivity contribution in [3.8, 4) is 17.0 Å². The Hall–Kier alpha value is -4.01. The second kappa shape index (κ2) is 8.79. The van der Waals surface area contributed by atoms with Gasteiger partial charge in [0, 0.05) is 29.4 Å². The topological polar surface area (TPSA) is 116 Å². The SMILES string of the molecule is CCOc1ccc(-c2ccc(=O)n(CC(=O)Nc3cccc([N+](=O)[O-])c3)n2)cc1. The average Bonchev–Trinajstić information content (AvgIpc) is 2.70. The molecule has 1 N–H and O–H groups in total. The molecule has 0 radical (unpaired) electrons. The van der Waals surface area contributed by atoms with Gasteiger partial charge in [0.25, 0.3) is 11.2 Å². The molecule has 3 aromatic rings. The summed E-state index contributed by atoms with van der Waals surface area (Å²) in [6.45, 7) is 2.12.